The van der Waals surface area contributed by atoms with Gasteiger partial charge in [-0.15, -0.1) is 11.3 Å². The highest BCUT2D eigenvalue weighted by Gasteiger charge is 2.15. The smallest absolute Gasteiger partial charge is 0.271 e. The van der Waals surface area contributed by atoms with Gasteiger partial charge in [0, 0.05) is 11.3 Å². The van der Waals surface area contributed by atoms with Crippen LogP contribution in [0.3, 0.4) is 0 Å². The van der Waals surface area contributed by atoms with Crippen molar-refractivity contribution in [2.75, 3.05) is 10.0 Å². The number of sulfonamides is 1. The lowest BCUT2D eigenvalue weighted by molar-refractivity contribution is 0.102. The summed E-state index contributed by atoms with van der Waals surface area (Å²) in [5.74, 6) is -0.439. The third-order valence-electron chi connectivity index (χ3n) is 3.31. The number of para-hydroxylation sites is 2. The van der Waals surface area contributed by atoms with Gasteiger partial charge < -0.3 is 10.4 Å². The minimum Gasteiger partial charge on any atom is -0.506 e. The SMILES string of the molecule is O=C(Nc1ccccc1O)c1ccc(NS(=O)(=O)c2cccs2)cc1. The molecule has 6 nitrogen and oxygen atoms in total. The molecule has 1 heterocycles. The van der Waals surface area contributed by atoms with E-state index >= 15 is 0 Å². The molecule has 0 aliphatic carbocycles. The normalized spacial score (nSPS) is 11.0. The second-order valence-corrected chi connectivity index (χ2v) is 7.94. The molecule has 3 aromatic rings. The highest BCUT2D eigenvalue weighted by Crippen LogP contribution is 2.23. The van der Waals surface area contributed by atoms with Gasteiger partial charge in [0.2, 0.25) is 0 Å². The number of carbonyl (C=O) groups is 1. The van der Waals surface area contributed by atoms with Gasteiger partial charge in [-0.05, 0) is 47.8 Å². The van der Waals surface area contributed by atoms with Gasteiger partial charge in [0.15, 0.2) is 0 Å². The third kappa shape index (κ3) is 3.98. The molecular formula is C17H14N2O4S2. The molecule has 0 unspecified atom stereocenters. The number of aromatic hydroxyl groups is 1. The topological polar surface area (TPSA) is 95.5 Å². The Labute approximate surface area is 148 Å². The Morgan fingerprint density at radius 3 is 2.32 bits per heavy atom. The number of phenolic OH excluding ortho intramolecular Hbond substituents is 1. The molecule has 1 aromatic heterocycles. The molecule has 0 fully saturated rings. The number of phenols is 1. The molecule has 0 aliphatic rings. The number of hydrogen-bond donors (Lipinski definition) is 3. The molecule has 2 aromatic carbocycles. The summed E-state index contributed by atoms with van der Waals surface area (Å²) < 4.78 is 27.0. The molecule has 0 spiro atoms. The Balaban J connectivity index is 1.72. The van der Waals surface area contributed by atoms with Gasteiger partial charge in [-0.3, -0.25) is 9.52 Å². The van der Waals surface area contributed by atoms with Crippen LogP contribution in [0.25, 0.3) is 0 Å². The molecule has 3 rings (SSSR count). The molecule has 1 amide bonds. The van der Waals surface area contributed by atoms with Gasteiger partial charge in [0.1, 0.15) is 9.96 Å². The van der Waals surface area contributed by atoms with Crippen LogP contribution < -0.4 is 10.0 Å². The van der Waals surface area contributed by atoms with E-state index in [1.54, 1.807) is 29.6 Å². The van der Waals surface area contributed by atoms with Crippen molar-refractivity contribution in [3.8, 4) is 5.75 Å². The lowest BCUT2D eigenvalue weighted by atomic mass is 10.2. The van der Waals surface area contributed by atoms with Crippen molar-refractivity contribution in [3.05, 3.63) is 71.6 Å². The van der Waals surface area contributed by atoms with E-state index in [4.69, 9.17) is 0 Å². The lowest BCUT2D eigenvalue weighted by Crippen LogP contribution is -2.13. The van der Waals surface area contributed by atoms with E-state index in [0.29, 0.717) is 16.9 Å². The summed E-state index contributed by atoms with van der Waals surface area (Å²) in [6.07, 6.45) is 0. The number of amides is 1. The van der Waals surface area contributed by atoms with Crippen LogP contribution in [-0.4, -0.2) is 19.4 Å². The fraction of sp³-hybridized carbons (Fsp3) is 0. The zero-order chi connectivity index (χ0) is 17.9. The van der Waals surface area contributed by atoms with Crippen molar-refractivity contribution in [1.82, 2.24) is 0 Å². The lowest BCUT2D eigenvalue weighted by Gasteiger charge is -2.09. The third-order valence-corrected chi connectivity index (χ3v) is 6.09. The number of rotatable bonds is 5. The molecule has 0 radical (unpaired) electrons. The van der Waals surface area contributed by atoms with Crippen LogP contribution in [0.4, 0.5) is 11.4 Å². The molecule has 128 valence electrons. The van der Waals surface area contributed by atoms with Crippen LogP contribution in [0, 0.1) is 0 Å². The summed E-state index contributed by atoms with van der Waals surface area (Å²) in [7, 11) is -3.62. The van der Waals surface area contributed by atoms with Gasteiger partial charge >= 0.3 is 0 Å². The quantitative estimate of drug-likeness (QED) is 0.596. The van der Waals surface area contributed by atoms with Gasteiger partial charge in [-0.1, -0.05) is 18.2 Å². The Kier molecular flexibility index (Phi) is 4.73. The van der Waals surface area contributed by atoms with Crippen LogP contribution in [0.1, 0.15) is 10.4 Å². The predicted octanol–water partition coefficient (Wildman–Crippen LogP) is 3.51. The van der Waals surface area contributed by atoms with E-state index in [2.05, 4.69) is 10.0 Å². The van der Waals surface area contributed by atoms with E-state index in [0.717, 1.165) is 11.3 Å². The monoisotopic (exact) mass is 374 g/mol. The fourth-order valence-corrected chi connectivity index (χ4v) is 4.14. The van der Waals surface area contributed by atoms with Gasteiger partial charge in [-0.25, -0.2) is 8.42 Å². The van der Waals surface area contributed by atoms with Crippen LogP contribution in [0.15, 0.2) is 70.3 Å². The van der Waals surface area contributed by atoms with Crippen molar-refractivity contribution in [2.24, 2.45) is 0 Å². The Hall–Kier alpha value is -2.84. The van der Waals surface area contributed by atoms with Gasteiger partial charge in [0.25, 0.3) is 15.9 Å². The minimum absolute atomic E-state index is 0.0313. The van der Waals surface area contributed by atoms with Crippen LogP contribution in [0.5, 0.6) is 5.75 Å². The summed E-state index contributed by atoms with van der Waals surface area (Å²) in [5.41, 5.74) is 0.991. The maximum absolute atomic E-state index is 12.2. The molecule has 3 N–H and O–H groups in total. The largest absolute Gasteiger partial charge is 0.506 e. The predicted molar refractivity (Wildman–Crippen MR) is 97.6 cm³/mol. The van der Waals surface area contributed by atoms with Crippen LogP contribution in [-0.2, 0) is 10.0 Å². The second-order valence-electron chi connectivity index (χ2n) is 5.09. The first kappa shape index (κ1) is 17.0. The second kappa shape index (κ2) is 6.96. The minimum atomic E-state index is -3.62. The number of benzene rings is 2. The van der Waals surface area contributed by atoms with E-state index in [-0.39, 0.29) is 9.96 Å². The zero-order valence-electron chi connectivity index (χ0n) is 12.8. The van der Waals surface area contributed by atoms with E-state index in [1.807, 2.05) is 0 Å². The number of carbonyl (C=O) groups excluding carboxylic acids is 1. The molecule has 25 heavy (non-hydrogen) atoms. The summed E-state index contributed by atoms with van der Waals surface area (Å²) in [6, 6.07) is 15.6. The zero-order valence-corrected chi connectivity index (χ0v) is 14.5. The Morgan fingerprint density at radius 2 is 1.68 bits per heavy atom. The van der Waals surface area contributed by atoms with Crippen molar-refractivity contribution >= 4 is 38.6 Å². The molecule has 0 aliphatic heterocycles. The summed E-state index contributed by atoms with van der Waals surface area (Å²) in [5, 5.41) is 14.0. The molecule has 0 saturated heterocycles. The highest BCUT2D eigenvalue weighted by atomic mass is 32.2. The molecule has 0 atom stereocenters. The molecular weight excluding hydrogens is 360 g/mol. The Morgan fingerprint density at radius 1 is 0.960 bits per heavy atom. The van der Waals surface area contributed by atoms with E-state index in [1.165, 1.54) is 36.4 Å². The molecule has 0 bridgehead atoms. The first-order valence-corrected chi connectivity index (χ1v) is 9.58. The number of hydrogen-bond acceptors (Lipinski definition) is 5. The van der Waals surface area contributed by atoms with Gasteiger partial charge in [-0.2, -0.15) is 0 Å². The standard InChI is InChI=1S/C17H14N2O4S2/c20-15-5-2-1-4-14(15)18-17(21)12-7-9-13(10-8-12)19-25(22,23)16-6-3-11-24-16/h1-11,19-20H,(H,18,21). The first-order chi connectivity index (χ1) is 12.0. The van der Waals surface area contributed by atoms with Gasteiger partial charge in [0.05, 0.1) is 5.69 Å². The average Bonchev–Trinajstić information content (AvgIpc) is 3.13. The van der Waals surface area contributed by atoms with E-state index in [9.17, 15) is 18.3 Å². The van der Waals surface area contributed by atoms with Crippen molar-refractivity contribution < 1.29 is 18.3 Å². The van der Waals surface area contributed by atoms with Crippen LogP contribution in [0.2, 0.25) is 0 Å². The number of thiophene rings is 1. The maximum Gasteiger partial charge on any atom is 0.271 e. The van der Waals surface area contributed by atoms with Crippen molar-refractivity contribution in [3.63, 3.8) is 0 Å². The first-order valence-electron chi connectivity index (χ1n) is 7.21. The summed E-state index contributed by atoms with van der Waals surface area (Å²) >= 11 is 1.12. The average molecular weight is 374 g/mol. The van der Waals surface area contributed by atoms with Crippen molar-refractivity contribution in [2.45, 2.75) is 4.21 Å². The summed E-state index contributed by atoms with van der Waals surface area (Å²) in [4.78, 5) is 12.2. The van der Waals surface area contributed by atoms with Crippen molar-refractivity contribution in [1.29, 1.82) is 0 Å². The van der Waals surface area contributed by atoms with Crippen LogP contribution >= 0.6 is 11.3 Å². The molecule has 0 saturated carbocycles. The number of nitrogens with one attached hydrogen (secondary N) is 2. The summed E-state index contributed by atoms with van der Waals surface area (Å²) in [6.45, 7) is 0. The fourth-order valence-electron chi connectivity index (χ4n) is 2.09. The highest BCUT2D eigenvalue weighted by molar-refractivity contribution is 7.94. The van der Waals surface area contributed by atoms with E-state index < -0.39 is 15.9 Å². The molecule has 8 heteroatoms. The maximum atomic E-state index is 12.2. The Bertz CT molecular complexity index is 982. The number of anilines is 2.